The van der Waals surface area contributed by atoms with Gasteiger partial charge in [-0.15, -0.1) is 45.3 Å². The molecule has 0 aliphatic heterocycles. The number of thiophene rings is 2. The fraction of sp³-hybridized carbons (Fsp3) is 0.385. The van der Waals surface area contributed by atoms with E-state index in [0.717, 1.165) is 85.2 Å². The molecule has 2 aromatic carbocycles. The Hall–Kier alpha value is -5.31. The molecule has 4 heterocycles. The third-order valence-electron chi connectivity index (χ3n) is 12.7. The van der Waals surface area contributed by atoms with Crippen LogP contribution >= 0.6 is 45.3 Å². The van der Waals surface area contributed by atoms with E-state index in [4.69, 9.17) is 0 Å². The molecule has 2 aliphatic rings. The molecule has 6 aromatic rings. The summed E-state index contributed by atoms with van der Waals surface area (Å²) in [4.78, 5) is 88.3. The molecule has 0 atom stereocenters. The molecular weight excluding hydrogens is 989 g/mol. The Bertz CT molecular complexity index is 2590. The van der Waals surface area contributed by atoms with E-state index < -0.39 is 11.9 Å². The summed E-state index contributed by atoms with van der Waals surface area (Å²) in [7, 11) is 0. The van der Waals surface area contributed by atoms with Gasteiger partial charge in [-0.25, -0.2) is 9.97 Å². The molecule has 4 aromatic heterocycles. The zero-order chi connectivity index (χ0) is 50.2. The topological polar surface area (TPSA) is 205 Å². The van der Waals surface area contributed by atoms with Gasteiger partial charge < -0.3 is 40.2 Å². The maximum absolute atomic E-state index is 13.5. The van der Waals surface area contributed by atoms with Crippen LogP contribution < -0.4 is 30.6 Å². The average Bonchev–Trinajstić information content (AvgIpc) is 4.19. The number of aromatic nitrogens is 2. The second-order valence-electron chi connectivity index (χ2n) is 18.6. The van der Waals surface area contributed by atoms with E-state index in [1.165, 1.54) is 22.7 Å². The summed E-state index contributed by atoms with van der Waals surface area (Å²) >= 11 is 4.89. The molecule has 2 aliphatic carbocycles. The van der Waals surface area contributed by atoms with Crippen LogP contribution in [0.15, 0.2) is 82.4 Å². The number of carboxylic acid groups (broad SMARTS) is 2. The van der Waals surface area contributed by atoms with Crippen LogP contribution in [0.5, 0.6) is 0 Å². The van der Waals surface area contributed by atoms with Gasteiger partial charge in [0.15, 0.2) is 0 Å². The van der Waals surface area contributed by atoms with Crippen molar-refractivity contribution in [1.82, 2.24) is 9.97 Å². The Morgan fingerprint density at radius 3 is 1.18 bits per heavy atom. The minimum Gasteiger partial charge on any atom is -0.544 e. The molecule has 19 heteroatoms. The third kappa shape index (κ3) is 13.6. The molecule has 0 spiro atoms. The molecule has 368 valence electrons. The van der Waals surface area contributed by atoms with Crippen LogP contribution in [-0.4, -0.2) is 80.7 Å². The Morgan fingerprint density at radius 1 is 0.563 bits per heavy atom. The Balaban J connectivity index is 0.000000229. The molecule has 8 rings (SSSR count). The maximum Gasteiger partial charge on any atom is 2.00 e. The van der Waals surface area contributed by atoms with Crippen LogP contribution in [0.2, 0.25) is 0 Å². The Labute approximate surface area is 446 Å². The first kappa shape index (κ1) is 55.0. The number of nitrogens with one attached hydrogen (secondary N) is 2. The number of carbonyl (C=O) groups excluding carboxylic acids is 6. The summed E-state index contributed by atoms with van der Waals surface area (Å²) in [6.07, 6.45) is 7.35. The molecular formula is C52H56MgN6O8S4. The number of hydrogen-bond acceptors (Lipinski definition) is 14. The van der Waals surface area contributed by atoms with Crippen molar-refractivity contribution in [2.24, 2.45) is 23.7 Å². The van der Waals surface area contributed by atoms with E-state index in [2.05, 4.69) is 34.4 Å². The number of amides is 4. The van der Waals surface area contributed by atoms with Gasteiger partial charge in [0.1, 0.15) is 11.4 Å². The number of benzene rings is 2. The van der Waals surface area contributed by atoms with Crippen molar-refractivity contribution < 1.29 is 39.0 Å². The van der Waals surface area contributed by atoms with Crippen molar-refractivity contribution >= 4 is 127 Å². The van der Waals surface area contributed by atoms with Crippen LogP contribution in [0.3, 0.4) is 0 Å². The molecule has 2 saturated carbocycles. The normalized spacial score (nSPS) is 17.6. The number of anilines is 4. The van der Waals surface area contributed by atoms with Gasteiger partial charge >= 0.3 is 23.1 Å². The van der Waals surface area contributed by atoms with Crippen LogP contribution in [0.1, 0.15) is 133 Å². The second kappa shape index (κ2) is 24.9. The van der Waals surface area contributed by atoms with Crippen molar-refractivity contribution in [3.05, 3.63) is 104 Å². The van der Waals surface area contributed by atoms with E-state index in [-0.39, 0.29) is 80.4 Å². The SMILES string of the molecule is CC(C)N(c1cc(-c2ccc(NC(=O)c3cscn3)cc2)sc1C(=O)[O-])C(=O)[C@H]1CC[C@H](C)CC1.CC(C)N(c1cc(-c2ccc(NC(=O)c3cscn3)cc2)sc1C(=O)[O-])C(=O)[C@H]1CC[C@H](C)CC1.[Mg+2]. The van der Waals surface area contributed by atoms with Gasteiger partial charge in [0.2, 0.25) is 11.8 Å². The van der Waals surface area contributed by atoms with Crippen molar-refractivity contribution in [2.75, 3.05) is 20.4 Å². The molecule has 0 saturated heterocycles. The number of carbonyl (C=O) groups is 6. The van der Waals surface area contributed by atoms with E-state index in [1.54, 1.807) is 68.0 Å². The first-order valence-electron chi connectivity index (χ1n) is 23.4. The van der Waals surface area contributed by atoms with Gasteiger partial charge in [0, 0.05) is 55.8 Å². The molecule has 71 heavy (non-hydrogen) atoms. The van der Waals surface area contributed by atoms with E-state index in [1.807, 2.05) is 52.0 Å². The number of rotatable bonds is 14. The number of hydrogen-bond donors (Lipinski definition) is 2. The average molecular weight is 1050 g/mol. The summed E-state index contributed by atoms with van der Waals surface area (Å²) in [5.74, 6) is -2.14. The summed E-state index contributed by atoms with van der Waals surface area (Å²) in [6.45, 7) is 12.0. The second-order valence-corrected chi connectivity index (χ2v) is 22.1. The standard InChI is InChI=1S/2C26H29N3O4S2.Mg/c2*1-15(2)29(25(31)18-6-4-16(3)5-7-18)21-12-22(35-23(21)26(32)33)17-8-10-19(11-9-17)28-24(30)20-13-34-14-27-20;/h2*8-16,18H,4-7H2,1-3H3,(H,28,30)(H,32,33);/q;;+2/p-2/t2*16-,18-;. The first-order valence-corrected chi connectivity index (χ1v) is 27.0. The Kier molecular flexibility index (Phi) is 19.3. The van der Waals surface area contributed by atoms with Gasteiger partial charge in [-0.1, -0.05) is 38.1 Å². The quantitative estimate of drug-likeness (QED) is 0.0988. The molecule has 0 bridgehead atoms. The molecule has 0 radical (unpaired) electrons. The molecule has 2 N–H and O–H groups in total. The van der Waals surface area contributed by atoms with Crippen molar-refractivity contribution in [3.8, 4) is 20.9 Å². The predicted molar refractivity (Wildman–Crippen MR) is 282 cm³/mol. The predicted octanol–water partition coefficient (Wildman–Crippen LogP) is 9.73. The van der Waals surface area contributed by atoms with Gasteiger partial charge in [0.05, 0.1) is 44.1 Å². The van der Waals surface area contributed by atoms with E-state index in [0.29, 0.717) is 55.7 Å². The van der Waals surface area contributed by atoms with Crippen molar-refractivity contribution in [1.29, 1.82) is 0 Å². The zero-order valence-electron chi connectivity index (χ0n) is 40.6. The molecule has 14 nitrogen and oxygen atoms in total. The fourth-order valence-electron chi connectivity index (χ4n) is 8.88. The first-order chi connectivity index (χ1) is 33.5. The zero-order valence-corrected chi connectivity index (χ0v) is 45.3. The molecule has 4 amide bonds. The minimum absolute atomic E-state index is 0. The van der Waals surface area contributed by atoms with E-state index in [9.17, 15) is 39.0 Å². The number of nitrogens with zero attached hydrogens (tertiary/aromatic N) is 4. The number of carboxylic acids is 2. The van der Waals surface area contributed by atoms with Crippen molar-refractivity contribution in [2.45, 2.75) is 105 Å². The van der Waals surface area contributed by atoms with Crippen LogP contribution in [-0.2, 0) is 9.59 Å². The smallest absolute Gasteiger partial charge is 0.544 e. The largest absolute Gasteiger partial charge is 2.00 e. The van der Waals surface area contributed by atoms with Gasteiger partial charge in [-0.05, 0) is 138 Å². The summed E-state index contributed by atoms with van der Waals surface area (Å²) in [5, 5.41) is 33.0. The van der Waals surface area contributed by atoms with Gasteiger partial charge in [-0.2, -0.15) is 0 Å². The number of thiazole rings is 2. The molecule has 0 unspecified atom stereocenters. The summed E-state index contributed by atoms with van der Waals surface area (Å²) in [6, 6.07) is 17.4. The van der Waals surface area contributed by atoms with Gasteiger partial charge in [-0.3, -0.25) is 19.2 Å². The van der Waals surface area contributed by atoms with Crippen LogP contribution in [0, 0.1) is 23.7 Å². The molecule has 2 fully saturated rings. The fourth-order valence-corrected chi connectivity index (χ4v) is 11.9. The van der Waals surface area contributed by atoms with Crippen LogP contribution in [0.25, 0.3) is 20.9 Å². The maximum atomic E-state index is 13.5. The number of aromatic carboxylic acids is 2. The third-order valence-corrected chi connectivity index (χ3v) is 16.2. The van der Waals surface area contributed by atoms with Crippen molar-refractivity contribution in [3.63, 3.8) is 0 Å². The van der Waals surface area contributed by atoms with Gasteiger partial charge in [0.25, 0.3) is 11.8 Å². The monoisotopic (exact) mass is 1040 g/mol. The summed E-state index contributed by atoms with van der Waals surface area (Å²) < 4.78 is 0. The summed E-state index contributed by atoms with van der Waals surface area (Å²) in [5.41, 5.74) is 7.48. The van der Waals surface area contributed by atoms with Crippen LogP contribution in [0.4, 0.5) is 22.7 Å². The van der Waals surface area contributed by atoms with E-state index >= 15 is 0 Å². The Morgan fingerprint density at radius 2 is 0.901 bits per heavy atom. The minimum atomic E-state index is -1.29.